The lowest BCUT2D eigenvalue weighted by atomic mass is 10.0. The van der Waals surface area contributed by atoms with Gasteiger partial charge in [-0.3, -0.25) is 24.2 Å². The van der Waals surface area contributed by atoms with E-state index in [0.29, 0.717) is 31.6 Å². The predicted molar refractivity (Wildman–Crippen MR) is 146 cm³/mol. The lowest BCUT2D eigenvalue weighted by Gasteiger charge is -2.25. The Labute approximate surface area is 226 Å². The third-order valence-corrected chi connectivity index (χ3v) is 6.07. The van der Waals surface area contributed by atoms with E-state index in [0.717, 1.165) is 0 Å². The SMILES string of the molecule is CSCCC(NC(=O)C(CCCN=C(N)N)NC(=O)C(CCCCN)NC(=O)C(N)CCC(N)=O)C(=O)O. The van der Waals surface area contributed by atoms with Gasteiger partial charge in [-0.2, -0.15) is 11.8 Å². The number of nitrogens with two attached hydrogens (primary N) is 5. The maximum absolute atomic E-state index is 13.2. The summed E-state index contributed by atoms with van der Waals surface area (Å²) in [6.45, 7) is 0.561. The summed E-state index contributed by atoms with van der Waals surface area (Å²) >= 11 is 1.43. The van der Waals surface area contributed by atoms with Crippen LogP contribution < -0.4 is 44.6 Å². The number of amides is 4. The van der Waals surface area contributed by atoms with Gasteiger partial charge in [0.1, 0.15) is 18.1 Å². The summed E-state index contributed by atoms with van der Waals surface area (Å²) in [5.74, 6) is -3.45. The van der Waals surface area contributed by atoms with Gasteiger partial charge in [0, 0.05) is 13.0 Å². The Kier molecular flexibility index (Phi) is 18.3. The van der Waals surface area contributed by atoms with Crippen LogP contribution in [0.2, 0.25) is 0 Å². The first-order valence-corrected chi connectivity index (χ1v) is 13.7. The molecule has 0 aliphatic rings. The number of carboxylic acid groups (broad SMARTS) is 1. The molecule has 4 amide bonds. The number of nitrogens with one attached hydrogen (secondary N) is 3. The average molecular weight is 562 g/mol. The summed E-state index contributed by atoms with van der Waals surface area (Å²) in [5.41, 5.74) is 27.1. The molecule has 0 bridgehead atoms. The third kappa shape index (κ3) is 15.9. The smallest absolute Gasteiger partial charge is 0.326 e. The molecule has 0 aliphatic carbocycles. The molecule has 15 nitrogen and oxygen atoms in total. The van der Waals surface area contributed by atoms with E-state index in [1.807, 2.05) is 6.26 Å². The third-order valence-electron chi connectivity index (χ3n) is 5.42. The van der Waals surface area contributed by atoms with E-state index in [1.165, 1.54) is 11.8 Å². The number of primary amides is 1. The van der Waals surface area contributed by atoms with Crippen molar-refractivity contribution >= 4 is 47.3 Å². The van der Waals surface area contributed by atoms with Crippen LogP contribution in [0.5, 0.6) is 0 Å². The van der Waals surface area contributed by atoms with Crippen LogP contribution >= 0.6 is 11.8 Å². The van der Waals surface area contributed by atoms with Crippen molar-refractivity contribution in [2.75, 3.05) is 25.1 Å². The summed E-state index contributed by atoms with van der Waals surface area (Å²) < 4.78 is 0. The number of carbonyl (C=O) groups is 5. The van der Waals surface area contributed by atoms with E-state index in [9.17, 15) is 29.1 Å². The first kappa shape index (κ1) is 34.9. The van der Waals surface area contributed by atoms with Gasteiger partial charge in [0.25, 0.3) is 0 Å². The maximum Gasteiger partial charge on any atom is 0.326 e. The molecule has 0 aromatic rings. The van der Waals surface area contributed by atoms with Crippen LogP contribution in [0.25, 0.3) is 0 Å². The number of thioether (sulfide) groups is 1. The van der Waals surface area contributed by atoms with Crippen LogP contribution in [-0.4, -0.2) is 89.9 Å². The van der Waals surface area contributed by atoms with Crippen LogP contribution in [0.3, 0.4) is 0 Å². The van der Waals surface area contributed by atoms with E-state index >= 15 is 0 Å². The van der Waals surface area contributed by atoms with Gasteiger partial charge in [-0.1, -0.05) is 0 Å². The topological polar surface area (TPSA) is 284 Å². The standard InChI is InChI=1S/C22H43N9O6S/c1-38-12-9-16(21(36)37)31-20(35)15(6-4-11-28-22(26)27)30-19(34)14(5-2-3-10-23)29-18(33)13(24)7-8-17(25)32/h13-16H,2-12,23-24H2,1H3,(H2,25,32)(H,29,33)(H,30,34)(H,31,35)(H,36,37)(H4,26,27,28). The zero-order valence-electron chi connectivity index (χ0n) is 21.8. The van der Waals surface area contributed by atoms with Gasteiger partial charge in [-0.25, -0.2) is 4.79 Å². The van der Waals surface area contributed by atoms with Gasteiger partial charge in [0.2, 0.25) is 23.6 Å². The van der Waals surface area contributed by atoms with Crippen molar-refractivity contribution < 1.29 is 29.1 Å². The molecule has 0 aromatic carbocycles. The van der Waals surface area contributed by atoms with Gasteiger partial charge < -0.3 is 49.7 Å². The molecule has 0 rings (SSSR count). The van der Waals surface area contributed by atoms with Gasteiger partial charge >= 0.3 is 5.97 Å². The van der Waals surface area contributed by atoms with Crippen molar-refractivity contribution in [3.05, 3.63) is 0 Å². The molecule has 0 aliphatic heterocycles. The van der Waals surface area contributed by atoms with E-state index in [4.69, 9.17) is 28.7 Å². The monoisotopic (exact) mass is 561 g/mol. The zero-order valence-corrected chi connectivity index (χ0v) is 22.6. The van der Waals surface area contributed by atoms with Crippen LogP contribution in [0.4, 0.5) is 0 Å². The molecule has 0 spiro atoms. The minimum Gasteiger partial charge on any atom is -0.480 e. The first-order chi connectivity index (χ1) is 17.9. The molecule has 38 heavy (non-hydrogen) atoms. The van der Waals surface area contributed by atoms with Gasteiger partial charge in [0.15, 0.2) is 5.96 Å². The quantitative estimate of drug-likeness (QED) is 0.0388. The molecule has 0 heterocycles. The molecule has 0 saturated heterocycles. The number of carboxylic acids is 1. The number of guanidine groups is 1. The summed E-state index contributed by atoms with van der Waals surface area (Å²) in [5, 5.41) is 17.1. The lowest BCUT2D eigenvalue weighted by molar-refractivity contribution is -0.142. The predicted octanol–water partition coefficient (Wildman–Crippen LogP) is -2.95. The Hall–Kier alpha value is -3.11. The van der Waals surface area contributed by atoms with Crippen LogP contribution in [0, 0.1) is 0 Å². The molecule has 4 atom stereocenters. The van der Waals surface area contributed by atoms with E-state index in [-0.39, 0.29) is 44.6 Å². The molecule has 0 fully saturated rings. The first-order valence-electron chi connectivity index (χ1n) is 12.3. The largest absolute Gasteiger partial charge is 0.480 e. The molecule has 4 unspecified atom stereocenters. The summed E-state index contributed by atoms with van der Waals surface area (Å²) in [6, 6.07) is -4.38. The Morgan fingerprint density at radius 3 is 1.87 bits per heavy atom. The number of carbonyl (C=O) groups excluding carboxylic acids is 4. The van der Waals surface area contributed by atoms with Crippen LogP contribution in [0.1, 0.15) is 51.4 Å². The number of aliphatic imine (C=N–C) groups is 1. The molecule has 218 valence electrons. The minimum atomic E-state index is -1.20. The Balaban J connectivity index is 5.61. The Morgan fingerprint density at radius 2 is 1.37 bits per heavy atom. The van der Waals surface area contributed by atoms with Crippen molar-refractivity contribution in [2.45, 2.75) is 75.5 Å². The van der Waals surface area contributed by atoms with Gasteiger partial charge in [-0.15, -0.1) is 0 Å². The van der Waals surface area contributed by atoms with Crippen molar-refractivity contribution in [3.8, 4) is 0 Å². The van der Waals surface area contributed by atoms with Crippen molar-refractivity contribution in [2.24, 2.45) is 33.7 Å². The molecule has 16 heteroatoms. The Morgan fingerprint density at radius 1 is 0.816 bits per heavy atom. The van der Waals surface area contributed by atoms with E-state index < -0.39 is 53.8 Å². The second-order valence-electron chi connectivity index (χ2n) is 8.65. The maximum atomic E-state index is 13.2. The number of hydrogen-bond donors (Lipinski definition) is 9. The number of nitrogens with zero attached hydrogens (tertiary/aromatic N) is 1. The normalized spacial score (nSPS) is 13.9. The lowest BCUT2D eigenvalue weighted by Crippen LogP contribution is -2.57. The van der Waals surface area contributed by atoms with Crippen molar-refractivity contribution in [3.63, 3.8) is 0 Å². The van der Waals surface area contributed by atoms with E-state index in [1.54, 1.807) is 0 Å². The highest BCUT2D eigenvalue weighted by atomic mass is 32.2. The van der Waals surface area contributed by atoms with Crippen molar-refractivity contribution in [1.82, 2.24) is 16.0 Å². The minimum absolute atomic E-state index is 0.000745. The summed E-state index contributed by atoms with van der Waals surface area (Å²) in [4.78, 5) is 65.2. The summed E-state index contributed by atoms with van der Waals surface area (Å²) in [6.07, 6.45) is 3.62. The fourth-order valence-corrected chi connectivity index (χ4v) is 3.75. The van der Waals surface area contributed by atoms with Crippen LogP contribution in [-0.2, 0) is 24.0 Å². The Bertz CT molecular complexity index is 810. The highest BCUT2D eigenvalue weighted by Gasteiger charge is 2.30. The zero-order chi connectivity index (χ0) is 29.1. The number of aliphatic carboxylic acids is 1. The highest BCUT2D eigenvalue weighted by Crippen LogP contribution is 2.07. The van der Waals surface area contributed by atoms with E-state index in [2.05, 4.69) is 20.9 Å². The fourth-order valence-electron chi connectivity index (χ4n) is 3.28. The molecule has 0 radical (unpaired) electrons. The number of unbranched alkanes of at least 4 members (excludes halogenated alkanes) is 1. The number of hydrogen-bond acceptors (Lipinski definition) is 9. The fraction of sp³-hybridized carbons (Fsp3) is 0.727. The average Bonchev–Trinajstić information content (AvgIpc) is 2.85. The summed E-state index contributed by atoms with van der Waals surface area (Å²) in [7, 11) is 0. The molecular weight excluding hydrogens is 518 g/mol. The number of rotatable bonds is 21. The highest BCUT2D eigenvalue weighted by molar-refractivity contribution is 7.98. The molecule has 0 aromatic heterocycles. The van der Waals surface area contributed by atoms with Gasteiger partial charge in [0.05, 0.1) is 6.04 Å². The van der Waals surface area contributed by atoms with Crippen LogP contribution in [0.15, 0.2) is 4.99 Å². The van der Waals surface area contributed by atoms with Gasteiger partial charge in [-0.05, 0) is 63.5 Å². The second kappa shape index (κ2) is 19.9. The molecule has 14 N–H and O–H groups in total. The molecular formula is C22H43N9O6S. The molecule has 0 saturated carbocycles. The van der Waals surface area contributed by atoms with Crippen molar-refractivity contribution in [1.29, 1.82) is 0 Å². The second-order valence-corrected chi connectivity index (χ2v) is 9.63.